The maximum Gasteiger partial charge on any atom is 0.410 e. The van der Waals surface area contributed by atoms with Gasteiger partial charge >= 0.3 is 6.09 Å². The fourth-order valence-electron chi connectivity index (χ4n) is 5.14. The number of hydrogen-bond donors (Lipinski definition) is 0. The number of aromatic nitrogens is 5. The Labute approximate surface area is 235 Å². The molecule has 10 heteroatoms. The van der Waals surface area contributed by atoms with Crippen LogP contribution in [0.1, 0.15) is 101 Å². The van der Waals surface area contributed by atoms with Gasteiger partial charge in [0.05, 0.1) is 18.8 Å². The van der Waals surface area contributed by atoms with Crippen LogP contribution in [0.25, 0.3) is 11.5 Å². The van der Waals surface area contributed by atoms with E-state index in [0.717, 1.165) is 42.6 Å². The van der Waals surface area contributed by atoms with Gasteiger partial charge in [0.25, 0.3) is 5.91 Å². The Balaban J connectivity index is 1.48. The molecule has 10 nitrogen and oxygen atoms in total. The smallest absolute Gasteiger partial charge is 0.410 e. The zero-order valence-electron chi connectivity index (χ0n) is 24.6. The van der Waals surface area contributed by atoms with Gasteiger partial charge in [-0.1, -0.05) is 26.8 Å². The van der Waals surface area contributed by atoms with Crippen LogP contribution in [0.2, 0.25) is 0 Å². The Morgan fingerprint density at radius 3 is 2.55 bits per heavy atom. The summed E-state index contributed by atoms with van der Waals surface area (Å²) in [4.78, 5) is 39.7. The monoisotopic (exact) mass is 545 g/mol. The van der Waals surface area contributed by atoms with Gasteiger partial charge in [0.1, 0.15) is 23.4 Å². The van der Waals surface area contributed by atoms with Crippen molar-refractivity contribution in [2.45, 2.75) is 97.4 Å². The lowest BCUT2D eigenvalue weighted by Crippen LogP contribution is -2.34. The number of nitrogens with zero attached hydrogens (tertiary/aromatic N) is 7. The summed E-state index contributed by atoms with van der Waals surface area (Å²) in [5, 5.41) is 8.50. The van der Waals surface area contributed by atoms with Crippen molar-refractivity contribution in [3.63, 3.8) is 0 Å². The van der Waals surface area contributed by atoms with Gasteiger partial charge in [-0.25, -0.2) is 9.78 Å². The molecule has 2 aliphatic rings. The number of rotatable bonds is 8. The predicted molar refractivity (Wildman–Crippen MR) is 152 cm³/mol. The number of carbonyl (C=O) groups is 2. The fraction of sp³-hybridized carbons (Fsp3) is 0.533. The van der Waals surface area contributed by atoms with Crippen LogP contribution in [0.3, 0.4) is 0 Å². The number of hydrogen-bond acceptors (Lipinski definition) is 7. The molecule has 1 fully saturated rings. The third kappa shape index (κ3) is 5.31. The Bertz CT molecular complexity index is 1430. The maximum atomic E-state index is 13.8. The van der Waals surface area contributed by atoms with Crippen LogP contribution in [-0.4, -0.2) is 54.3 Å². The summed E-state index contributed by atoms with van der Waals surface area (Å²) < 4.78 is 7.62. The number of fused-ring (bicyclic) bond motifs is 1. The van der Waals surface area contributed by atoms with Crippen molar-refractivity contribution in [2.24, 2.45) is 0 Å². The minimum absolute atomic E-state index is 0.0424. The molecule has 0 spiro atoms. The fourth-order valence-corrected chi connectivity index (χ4v) is 5.14. The molecular weight excluding hydrogens is 506 g/mol. The first-order valence-electron chi connectivity index (χ1n) is 14.1. The molecular formula is C30H39N7O3. The van der Waals surface area contributed by atoms with Gasteiger partial charge in [-0.15, -0.1) is 10.2 Å². The van der Waals surface area contributed by atoms with Gasteiger partial charge < -0.3 is 14.2 Å². The van der Waals surface area contributed by atoms with Crippen LogP contribution in [0.5, 0.6) is 0 Å². The Morgan fingerprint density at radius 1 is 1.18 bits per heavy atom. The minimum atomic E-state index is -0.605. The number of ether oxygens (including phenoxy) is 1. The number of anilines is 1. The lowest BCUT2D eigenvalue weighted by molar-refractivity contribution is 0.0282. The van der Waals surface area contributed by atoms with Crippen molar-refractivity contribution in [1.82, 2.24) is 29.6 Å². The van der Waals surface area contributed by atoms with Crippen LogP contribution in [0, 0.1) is 0 Å². The number of carbonyl (C=O) groups excluding carboxylic acids is 2. The molecule has 1 aliphatic carbocycles. The highest BCUT2D eigenvalue weighted by atomic mass is 16.6. The second kappa shape index (κ2) is 10.3. The van der Waals surface area contributed by atoms with Gasteiger partial charge in [-0.2, -0.15) is 0 Å². The molecule has 2 amide bonds. The third-order valence-electron chi connectivity index (χ3n) is 7.86. The van der Waals surface area contributed by atoms with Crippen LogP contribution in [-0.2, 0) is 23.2 Å². The van der Waals surface area contributed by atoms with Crippen molar-refractivity contribution in [1.29, 1.82) is 0 Å². The van der Waals surface area contributed by atoms with Gasteiger partial charge in [0.2, 0.25) is 0 Å². The van der Waals surface area contributed by atoms with Crippen molar-refractivity contribution in [2.75, 3.05) is 11.9 Å². The van der Waals surface area contributed by atoms with E-state index in [9.17, 15) is 9.59 Å². The Hall–Kier alpha value is -3.82. The molecule has 0 saturated heterocycles. The average molecular weight is 546 g/mol. The number of pyridine rings is 2. The van der Waals surface area contributed by atoms with E-state index in [0.29, 0.717) is 29.4 Å². The summed E-state index contributed by atoms with van der Waals surface area (Å²) in [6, 6.07) is 7.84. The molecule has 1 saturated carbocycles. The van der Waals surface area contributed by atoms with Crippen molar-refractivity contribution in [3.8, 4) is 11.5 Å². The molecule has 3 aromatic rings. The minimum Gasteiger partial charge on any atom is -0.444 e. The van der Waals surface area contributed by atoms with Crippen LogP contribution in [0.15, 0.2) is 30.6 Å². The van der Waals surface area contributed by atoms with E-state index in [1.807, 2.05) is 45.0 Å². The summed E-state index contributed by atoms with van der Waals surface area (Å²) in [7, 11) is 1.70. The van der Waals surface area contributed by atoms with E-state index in [1.165, 1.54) is 4.90 Å². The highest BCUT2D eigenvalue weighted by Crippen LogP contribution is 2.48. The molecule has 4 heterocycles. The quantitative estimate of drug-likeness (QED) is 0.359. The topological polar surface area (TPSA) is 106 Å². The molecule has 3 aromatic heterocycles. The number of amides is 2. The summed E-state index contributed by atoms with van der Waals surface area (Å²) in [5.41, 5.74) is 3.08. The van der Waals surface area contributed by atoms with E-state index >= 15 is 0 Å². The van der Waals surface area contributed by atoms with Crippen molar-refractivity contribution in [3.05, 3.63) is 53.1 Å². The molecule has 1 aliphatic heterocycles. The van der Waals surface area contributed by atoms with Gasteiger partial charge in [0, 0.05) is 35.3 Å². The summed E-state index contributed by atoms with van der Waals surface area (Å²) in [5.74, 6) is 1.11. The van der Waals surface area contributed by atoms with Crippen LogP contribution < -0.4 is 4.90 Å². The molecule has 0 atom stereocenters. The zero-order chi connectivity index (χ0) is 28.8. The normalized spacial score (nSPS) is 15.9. The Morgan fingerprint density at radius 2 is 1.90 bits per heavy atom. The molecule has 40 heavy (non-hydrogen) atoms. The molecule has 0 bridgehead atoms. The lowest BCUT2D eigenvalue weighted by Gasteiger charge is -2.25. The average Bonchev–Trinajstić information content (AvgIpc) is 3.32. The second-order valence-corrected chi connectivity index (χ2v) is 12.2. The highest BCUT2D eigenvalue weighted by Gasteiger charge is 2.43. The molecule has 0 N–H and O–H groups in total. The van der Waals surface area contributed by atoms with Gasteiger partial charge in [-0.05, 0) is 64.7 Å². The van der Waals surface area contributed by atoms with Crippen molar-refractivity contribution >= 4 is 17.8 Å². The van der Waals surface area contributed by atoms with Crippen LogP contribution >= 0.6 is 0 Å². The van der Waals surface area contributed by atoms with E-state index < -0.39 is 11.7 Å². The second-order valence-electron chi connectivity index (χ2n) is 12.2. The molecule has 5 rings (SSSR count). The maximum absolute atomic E-state index is 13.8. The van der Waals surface area contributed by atoms with E-state index in [2.05, 4.69) is 35.5 Å². The van der Waals surface area contributed by atoms with E-state index in [1.54, 1.807) is 18.3 Å². The van der Waals surface area contributed by atoms with E-state index in [4.69, 9.17) is 14.7 Å². The first-order valence-corrected chi connectivity index (χ1v) is 14.1. The summed E-state index contributed by atoms with van der Waals surface area (Å²) in [6.45, 7) is 12.5. The molecule has 0 radical (unpaired) electrons. The zero-order valence-corrected chi connectivity index (χ0v) is 24.6. The van der Waals surface area contributed by atoms with Crippen LogP contribution in [0.4, 0.5) is 10.6 Å². The van der Waals surface area contributed by atoms with Gasteiger partial charge in [0.15, 0.2) is 5.82 Å². The first kappa shape index (κ1) is 27.7. The summed E-state index contributed by atoms with van der Waals surface area (Å²) in [6.07, 6.45) is 5.28. The standard InChI is InChI=1S/C30H39N7O3/c1-8-19(9-2)37-18-31-34-26(37)22-11-10-12-25(33-22)36-16-21-20(27(36)38)15-24(30(6)13-14-30)32-23(21)17-35(7)28(39)40-29(3,4)5/h10-12,15,18-19H,8-9,13-14,16-17H2,1-7H3. The van der Waals surface area contributed by atoms with Gasteiger partial charge in [-0.3, -0.25) is 14.7 Å². The molecule has 212 valence electrons. The molecule has 0 aromatic carbocycles. The summed E-state index contributed by atoms with van der Waals surface area (Å²) >= 11 is 0. The van der Waals surface area contributed by atoms with E-state index in [-0.39, 0.29) is 23.9 Å². The SMILES string of the molecule is CCC(CC)n1cnnc1-c1cccc(N2Cc3c(cc(C4(C)CC4)nc3CN(C)C(=O)OC(C)(C)C)C2=O)n1. The first-order chi connectivity index (χ1) is 18.9. The van der Waals surface area contributed by atoms with Crippen molar-refractivity contribution < 1.29 is 14.3 Å². The largest absolute Gasteiger partial charge is 0.444 e. The molecule has 0 unspecified atom stereocenters. The third-order valence-corrected chi connectivity index (χ3v) is 7.86. The predicted octanol–water partition coefficient (Wildman–Crippen LogP) is 5.68. The highest BCUT2D eigenvalue weighted by molar-refractivity contribution is 6.10. The Kier molecular flexibility index (Phi) is 7.14. The lowest BCUT2D eigenvalue weighted by atomic mass is 9.99.